The topological polar surface area (TPSA) is 81.2 Å². The third-order valence-corrected chi connectivity index (χ3v) is 3.60. The smallest absolute Gasteiger partial charge is 0.311 e. The number of fused-ring (bicyclic) bond motifs is 1. The van der Waals surface area contributed by atoms with Crippen molar-refractivity contribution >= 4 is 34.3 Å². The van der Waals surface area contributed by atoms with E-state index in [0.29, 0.717) is 27.7 Å². The lowest BCUT2D eigenvalue weighted by Crippen LogP contribution is -2.11. The molecule has 2 aromatic heterocycles. The molecule has 7 heteroatoms. The van der Waals surface area contributed by atoms with Gasteiger partial charge in [0, 0.05) is 16.3 Å². The molecule has 4 rings (SSSR count). The summed E-state index contributed by atoms with van der Waals surface area (Å²) in [4.78, 5) is 20.1. The Morgan fingerprint density at radius 1 is 1.12 bits per heavy atom. The van der Waals surface area contributed by atoms with E-state index in [-0.39, 0.29) is 5.89 Å². The van der Waals surface area contributed by atoms with Crippen LogP contribution in [0.4, 0.5) is 5.69 Å². The van der Waals surface area contributed by atoms with Crippen molar-refractivity contribution in [3.8, 4) is 11.5 Å². The van der Waals surface area contributed by atoms with Gasteiger partial charge in [0.15, 0.2) is 5.58 Å². The molecule has 0 saturated heterocycles. The van der Waals surface area contributed by atoms with Gasteiger partial charge in [-0.15, -0.1) is 0 Å². The summed E-state index contributed by atoms with van der Waals surface area (Å²) in [5.41, 5.74) is 2.76. The van der Waals surface area contributed by atoms with Crippen molar-refractivity contribution in [3.63, 3.8) is 0 Å². The number of anilines is 1. The Hall–Kier alpha value is -3.12. The van der Waals surface area contributed by atoms with E-state index < -0.39 is 5.91 Å². The van der Waals surface area contributed by atoms with Crippen LogP contribution in [0, 0.1) is 0 Å². The maximum absolute atomic E-state index is 11.9. The van der Waals surface area contributed by atoms with Gasteiger partial charge in [0.05, 0.1) is 6.20 Å². The molecule has 0 fully saturated rings. The maximum atomic E-state index is 11.9. The molecule has 0 aliphatic heterocycles. The number of nitrogens with one attached hydrogen (secondary N) is 1. The van der Waals surface area contributed by atoms with Crippen LogP contribution in [0.3, 0.4) is 0 Å². The van der Waals surface area contributed by atoms with Gasteiger partial charge in [0.2, 0.25) is 5.89 Å². The monoisotopic (exact) mass is 339 g/mol. The molecular weight excluding hydrogens is 330 g/mol. The summed E-state index contributed by atoms with van der Waals surface area (Å²) >= 11 is 5.95. The van der Waals surface area contributed by atoms with Gasteiger partial charge in [-0.1, -0.05) is 11.6 Å². The fraction of sp³-hybridized carbons (Fsp3) is 0. The fourth-order valence-electron chi connectivity index (χ4n) is 2.24. The number of benzene rings is 2. The first-order valence-electron chi connectivity index (χ1n) is 7.06. The Morgan fingerprint density at radius 3 is 2.71 bits per heavy atom. The van der Waals surface area contributed by atoms with Gasteiger partial charge in [-0.05, 0) is 42.5 Å². The molecule has 0 radical (unpaired) electrons. The standard InChI is InChI=1S/C17H10ClN3O3/c18-11-3-6-14-13(9-11)21-16(24-14)10-1-4-12(5-2-10)20-15(22)17-19-7-8-23-17/h1-9H,(H,20,22). The van der Waals surface area contributed by atoms with Gasteiger partial charge in [-0.25, -0.2) is 9.97 Å². The minimum Gasteiger partial charge on any atom is -0.441 e. The van der Waals surface area contributed by atoms with Gasteiger partial charge in [-0.3, -0.25) is 4.79 Å². The number of amides is 1. The summed E-state index contributed by atoms with van der Waals surface area (Å²) in [5, 5.41) is 3.30. The van der Waals surface area contributed by atoms with Crippen LogP contribution in [-0.2, 0) is 0 Å². The second-order valence-electron chi connectivity index (χ2n) is 5.00. The van der Waals surface area contributed by atoms with Crippen molar-refractivity contribution in [1.82, 2.24) is 9.97 Å². The second-order valence-corrected chi connectivity index (χ2v) is 5.44. The summed E-state index contributed by atoms with van der Waals surface area (Å²) in [6.07, 6.45) is 2.76. The van der Waals surface area contributed by atoms with Crippen molar-refractivity contribution in [3.05, 3.63) is 65.8 Å². The highest BCUT2D eigenvalue weighted by Crippen LogP contribution is 2.27. The predicted octanol–water partition coefficient (Wildman–Crippen LogP) is 4.39. The lowest BCUT2D eigenvalue weighted by Gasteiger charge is -2.03. The first kappa shape index (κ1) is 14.5. The minimum atomic E-state index is -0.413. The lowest BCUT2D eigenvalue weighted by molar-refractivity contribution is 0.0990. The molecule has 0 aliphatic rings. The van der Waals surface area contributed by atoms with E-state index in [1.165, 1.54) is 12.5 Å². The second kappa shape index (κ2) is 5.82. The SMILES string of the molecule is O=C(Nc1ccc(-c2nc3cc(Cl)ccc3o2)cc1)c1ncco1. The molecule has 2 heterocycles. The van der Waals surface area contributed by atoms with Gasteiger partial charge >= 0.3 is 5.91 Å². The van der Waals surface area contributed by atoms with Crippen molar-refractivity contribution in [2.45, 2.75) is 0 Å². The van der Waals surface area contributed by atoms with E-state index >= 15 is 0 Å². The van der Waals surface area contributed by atoms with Crippen molar-refractivity contribution in [2.24, 2.45) is 0 Å². The van der Waals surface area contributed by atoms with Gasteiger partial charge in [0.25, 0.3) is 5.89 Å². The first-order valence-corrected chi connectivity index (χ1v) is 7.44. The van der Waals surface area contributed by atoms with E-state index in [9.17, 15) is 4.79 Å². The highest BCUT2D eigenvalue weighted by Gasteiger charge is 2.12. The van der Waals surface area contributed by atoms with E-state index in [4.69, 9.17) is 20.4 Å². The number of hydrogen-bond acceptors (Lipinski definition) is 5. The Kier molecular flexibility index (Phi) is 3.51. The number of carbonyl (C=O) groups excluding carboxylic acids is 1. The molecule has 0 saturated carbocycles. The molecule has 2 aromatic carbocycles. The summed E-state index contributed by atoms with van der Waals surface area (Å²) < 4.78 is 10.7. The van der Waals surface area contributed by atoms with Crippen LogP contribution in [0.5, 0.6) is 0 Å². The molecule has 1 amide bonds. The average molecular weight is 340 g/mol. The van der Waals surface area contributed by atoms with Gasteiger partial charge in [-0.2, -0.15) is 0 Å². The molecule has 4 aromatic rings. The third-order valence-electron chi connectivity index (χ3n) is 3.37. The summed E-state index contributed by atoms with van der Waals surface area (Å²) in [5.74, 6) is 0.0806. The van der Waals surface area contributed by atoms with E-state index in [2.05, 4.69) is 15.3 Å². The largest absolute Gasteiger partial charge is 0.441 e. The van der Waals surface area contributed by atoms with E-state index in [0.717, 1.165) is 5.56 Å². The Labute approximate surface area is 141 Å². The van der Waals surface area contributed by atoms with Crippen molar-refractivity contribution < 1.29 is 13.6 Å². The number of carbonyl (C=O) groups is 1. The highest BCUT2D eigenvalue weighted by molar-refractivity contribution is 6.31. The Morgan fingerprint density at radius 2 is 1.96 bits per heavy atom. The summed E-state index contributed by atoms with van der Waals surface area (Å²) in [6, 6.07) is 12.4. The molecule has 0 aliphatic carbocycles. The van der Waals surface area contributed by atoms with E-state index in [1.54, 1.807) is 42.5 Å². The van der Waals surface area contributed by atoms with Crippen LogP contribution in [-0.4, -0.2) is 15.9 Å². The Balaban J connectivity index is 1.57. The van der Waals surface area contributed by atoms with Crippen LogP contribution in [0.2, 0.25) is 5.02 Å². The van der Waals surface area contributed by atoms with Crippen LogP contribution in [0.25, 0.3) is 22.6 Å². The summed E-state index contributed by atoms with van der Waals surface area (Å²) in [7, 11) is 0. The summed E-state index contributed by atoms with van der Waals surface area (Å²) in [6.45, 7) is 0. The Bertz CT molecular complexity index is 1010. The molecule has 0 unspecified atom stereocenters. The number of rotatable bonds is 3. The fourth-order valence-corrected chi connectivity index (χ4v) is 2.41. The molecule has 0 spiro atoms. The average Bonchev–Trinajstić information content (AvgIpc) is 3.24. The predicted molar refractivity (Wildman–Crippen MR) is 88.9 cm³/mol. The zero-order valence-electron chi connectivity index (χ0n) is 12.2. The number of nitrogens with zero attached hydrogens (tertiary/aromatic N) is 2. The number of hydrogen-bond donors (Lipinski definition) is 1. The molecular formula is C17H10ClN3O3. The highest BCUT2D eigenvalue weighted by atomic mass is 35.5. The first-order chi connectivity index (χ1) is 11.7. The molecule has 118 valence electrons. The number of halogens is 1. The normalized spacial score (nSPS) is 10.9. The minimum absolute atomic E-state index is 0.00917. The quantitative estimate of drug-likeness (QED) is 0.598. The van der Waals surface area contributed by atoms with Crippen LogP contribution >= 0.6 is 11.6 Å². The molecule has 0 bridgehead atoms. The van der Waals surface area contributed by atoms with Gasteiger partial charge in [0.1, 0.15) is 11.8 Å². The van der Waals surface area contributed by atoms with Crippen molar-refractivity contribution in [2.75, 3.05) is 5.32 Å². The molecule has 6 nitrogen and oxygen atoms in total. The van der Waals surface area contributed by atoms with Gasteiger partial charge < -0.3 is 14.2 Å². The zero-order valence-corrected chi connectivity index (χ0v) is 12.9. The third kappa shape index (κ3) is 2.75. The van der Waals surface area contributed by atoms with Crippen LogP contribution in [0.15, 0.2) is 63.8 Å². The zero-order chi connectivity index (χ0) is 16.5. The number of aromatic nitrogens is 2. The lowest BCUT2D eigenvalue weighted by atomic mass is 10.2. The molecule has 24 heavy (non-hydrogen) atoms. The number of oxazole rings is 2. The van der Waals surface area contributed by atoms with E-state index in [1.807, 2.05) is 0 Å². The van der Waals surface area contributed by atoms with Crippen molar-refractivity contribution in [1.29, 1.82) is 0 Å². The van der Waals surface area contributed by atoms with Crippen LogP contribution < -0.4 is 5.32 Å². The molecule has 1 N–H and O–H groups in total. The maximum Gasteiger partial charge on any atom is 0.311 e. The van der Waals surface area contributed by atoms with Crippen LogP contribution in [0.1, 0.15) is 10.7 Å². The molecule has 0 atom stereocenters.